The van der Waals surface area contributed by atoms with Crippen LogP contribution in [-0.2, 0) is 14.8 Å². The molecule has 1 heterocycles. The SMILES string of the molecule is CCOC(=O)c1sc2cccc(F)c2c1S(=O)(=O)Nc1ccc(C)c(C)c1. The van der Waals surface area contributed by atoms with Gasteiger partial charge in [-0.15, -0.1) is 11.3 Å². The van der Waals surface area contributed by atoms with Gasteiger partial charge in [-0.1, -0.05) is 12.1 Å². The van der Waals surface area contributed by atoms with Gasteiger partial charge < -0.3 is 4.74 Å². The molecule has 0 saturated heterocycles. The summed E-state index contributed by atoms with van der Waals surface area (Å²) >= 11 is 0.895. The van der Waals surface area contributed by atoms with Crippen molar-refractivity contribution in [1.29, 1.82) is 0 Å². The van der Waals surface area contributed by atoms with Gasteiger partial charge in [-0.3, -0.25) is 4.72 Å². The molecular formula is C19H18FNO4S2. The van der Waals surface area contributed by atoms with Gasteiger partial charge in [-0.25, -0.2) is 17.6 Å². The molecule has 8 heteroatoms. The molecule has 3 aromatic rings. The molecule has 27 heavy (non-hydrogen) atoms. The third kappa shape index (κ3) is 3.68. The number of anilines is 1. The van der Waals surface area contributed by atoms with Crippen LogP contribution >= 0.6 is 11.3 Å². The van der Waals surface area contributed by atoms with E-state index in [9.17, 15) is 17.6 Å². The number of hydrogen-bond acceptors (Lipinski definition) is 5. The van der Waals surface area contributed by atoms with E-state index in [4.69, 9.17) is 4.74 Å². The van der Waals surface area contributed by atoms with Gasteiger partial charge in [0, 0.05) is 15.8 Å². The molecule has 0 spiro atoms. The van der Waals surface area contributed by atoms with E-state index in [2.05, 4.69) is 4.72 Å². The standard InChI is InChI=1S/C19H18FNO4S2/c1-4-25-19(22)17-18(16-14(20)6-5-7-15(16)26-17)27(23,24)21-13-9-8-11(2)12(3)10-13/h5-10,21H,4H2,1-3H3. The fourth-order valence-electron chi connectivity index (χ4n) is 2.68. The summed E-state index contributed by atoms with van der Waals surface area (Å²) in [5.41, 5.74) is 2.25. The number of halogens is 1. The molecule has 1 aromatic heterocycles. The molecule has 3 rings (SSSR count). The lowest BCUT2D eigenvalue weighted by Crippen LogP contribution is -2.17. The average molecular weight is 407 g/mol. The van der Waals surface area contributed by atoms with E-state index in [0.29, 0.717) is 10.4 Å². The van der Waals surface area contributed by atoms with Crippen LogP contribution in [0.1, 0.15) is 27.7 Å². The molecule has 0 radical (unpaired) electrons. The third-order valence-electron chi connectivity index (χ3n) is 4.11. The Labute approximate surface area is 160 Å². The van der Waals surface area contributed by atoms with Crippen molar-refractivity contribution in [3.05, 3.63) is 58.2 Å². The van der Waals surface area contributed by atoms with Crippen LogP contribution in [0, 0.1) is 19.7 Å². The molecule has 0 amide bonds. The van der Waals surface area contributed by atoms with Crippen LogP contribution in [0.3, 0.4) is 0 Å². The highest BCUT2D eigenvalue weighted by atomic mass is 32.2. The van der Waals surface area contributed by atoms with Crippen LogP contribution in [0.5, 0.6) is 0 Å². The predicted octanol–water partition coefficient (Wildman–Crippen LogP) is 4.63. The maximum Gasteiger partial charge on any atom is 0.349 e. The molecule has 5 nitrogen and oxygen atoms in total. The Balaban J connectivity index is 2.19. The first-order valence-electron chi connectivity index (χ1n) is 8.22. The zero-order valence-corrected chi connectivity index (χ0v) is 16.6. The second-order valence-electron chi connectivity index (χ2n) is 6.00. The maximum atomic E-state index is 14.5. The van der Waals surface area contributed by atoms with E-state index in [1.54, 1.807) is 31.2 Å². The van der Waals surface area contributed by atoms with Crippen LogP contribution in [0.25, 0.3) is 10.1 Å². The van der Waals surface area contributed by atoms with Gasteiger partial charge in [-0.2, -0.15) is 0 Å². The van der Waals surface area contributed by atoms with Gasteiger partial charge >= 0.3 is 5.97 Å². The number of aryl methyl sites for hydroxylation is 2. The van der Waals surface area contributed by atoms with E-state index in [1.165, 1.54) is 12.1 Å². The Morgan fingerprint density at radius 1 is 1.19 bits per heavy atom. The average Bonchev–Trinajstić information content (AvgIpc) is 3.00. The zero-order chi connectivity index (χ0) is 19.8. The van der Waals surface area contributed by atoms with Crippen LogP contribution in [0.4, 0.5) is 10.1 Å². The number of rotatable bonds is 5. The molecule has 0 fully saturated rings. The lowest BCUT2D eigenvalue weighted by Gasteiger charge is -2.11. The fraction of sp³-hybridized carbons (Fsp3) is 0.211. The van der Waals surface area contributed by atoms with Gasteiger partial charge in [0.25, 0.3) is 10.0 Å². The predicted molar refractivity (Wildman–Crippen MR) is 104 cm³/mol. The quantitative estimate of drug-likeness (QED) is 0.626. The third-order valence-corrected chi connectivity index (χ3v) is 6.82. The van der Waals surface area contributed by atoms with Gasteiger partial charge in [-0.05, 0) is 56.2 Å². The first-order valence-corrected chi connectivity index (χ1v) is 10.5. The smallest absolute Gasteiger partial charge is 0.349 e. The number of carbonyl (C=O) groups excluding carboxylic acids is 1. The summed E-state index contributed by atoms with van der Waals surface area (Å²) in [5, 5.41) is -0.109. The molecule has 0 saturated carbocycles. The summed E-state index contributed by atoms with van der Waals surface area (Å²) in [4.78, 5) is 11.8. The Hall–Kier alpha value is -2.45. The second kappa shape index (κ2) is 7.28. The number of nitrogens with one attached hydrogen (secondary N) is 1. The van der Waals surface area contributed by atoms with E-state index < -0.39 is 26.7 Å². The molecule has 0 bridgehead atoms. The Bertz CT molecular complexity index is 1140. The van der Waals surface area contributed by atoms with Crippen molar-refractivity contribution in [2.45, 2.75) is 25.7 Å². The molecule has 2 aromatic carbocycles. The summed E-state index contributed by atoms with van der Waals surface area (Å²) in [5.74, 6) is -1.50. The summed E-state index contributed by atoms with van der Waals surface area (Å²) in [7, 11) is -4.22. The largest absolute Gasteiger partial charge is 0.462 e. The van der Waals surface area contributed by atoms with Crippen molar-refractivity contribution >= 4 is 43.1 Å². The highest BCUT2D eigenvalue weighted by Gasteiger charge is 2.31. The molecule has 0 aliphatic heterocycles. The molecule has 0 aliphatic rings. The summed E-state index contributed by atoms with van der Waals surface area (Å²) in [6, 6.07) is 9.29. The van der Waals surface area contributed by atoms with Gasteiger partial charge in [0.1, 0.15) is 15.6 Å². The van der Waals surface area contributed by atoms with Gasteiger partial charge in [0.05, 0.1) is 6.61 Å². The van der Waals surface area contributed by atoms with E-state index in [0.717, 1.165) is 22.5 Å². The first-order chi connectivity index (χ1) is 12.7. The molecule has 0 unspecified atom stereocenters. The lowest BCUT2D eigenvalue weighted by molar-refractivity contribution is 0.0528. The topological polar surface area (TPSA) is 72.5 Å². The molecule has 1 N–H and O–H groups in total. The van der Waals surface area contributed by atoms with Crippen LogP contribution in [0.2, 0.25) is 0 Å². The maximum absolute atomic E-state index is 14.5. The minimum absolute atomic E-state index is 0.0830. The number of ether oxygens (including phenoxy) is 1. The Morgan fingerprint density at radius 3 is 2.59 bits per heavy atom. The van der Waals surface area contributed by atoms with Crippen LogP contribution in [-0.4, -0.2) is 21.0 Å². The molecule has 0 aliphatic carbocycles. The molecular weight excluding hydrogens is 389 g/mol. The summed E-state index contributed by atoms with van der Waals surface area (Å²) in [6.07, 6.45) is 0. The van der Waals surface area contributed by atoms with Crippen molar-refractivity contribution in [3.8, 4) is 0 Å². The number of benzene rings is 2. The monoisotopic (exact) mass is 407 g/mol. The molecule has 142 valence electrons. The highest BCUT2D eigenvalue weighted by molar-refractivity contribution is 7.93. The van der Waals surface area contributed by atoms with E-state index in [1.807, 2.05) is 13.8 Å². The van der Waals surface area contributed by atoms with Crippen molar-refractivity contribution in [3.63, 3.8) is 0 Å². The zero-order valence-electron chi connectivity index (χ0n) is 15.0. The van der Waals surface area contributed by atoms with E-state index >= 15 is 0 Å². The number of hydrogen-bond donors (Lipinski definition) is 1. The first kappa shape index (κ1) is 19.3. The number of fused-ring (bicyclic) bond motifs is 1. The van der Waals surface area contributed by atoms with Crippen LogP contribution in [0.15, 0.2) is 41.3 Å². The van der Waals surface area contributed by atoms with E-state index in [-0.39, 0.29) is 16.9 Å². The summed E-state index contributed by atoms with van der Waals surface area (Å²) < 4.78 is 48.4. The molecule has 0 atom stereocenters. The van der Waals surface area contributed by atoms with Gasteiger partial charge in [0.15, 0.2) is 0 Å². The number of esters is 1. The second-order valence-corrected chi connectivity index (χ2v) is 8.67. The number of sulfonamides is 1. The van der Waals surface area contributed by atoms with Crippen molar-refractivity contribution in [1.82, 2.24) is 0 Å². The minimum atomic E-state index is -4.22. The fourth-order valence-corrected chi connectivity index (χ4v) is 5.54. The Morgan fingerprint density at radius 2 is 1.93 bits per heavy atom. The van der Waals surface area contributed by atoms with Crippen molar-refractivity contribution in [2.24, 2.45) is 0 Å². The van der Waals surface area contributed by atoms with Crippen molar-refractivity contribution < 1.29 is 22.3 Å². The normalized spacial score (nSPS) is 11.6. The van der Waals surface area contributed by atoms with Gasteiger partial charge in [0.2, 0.25) is 0 Å². The minimum Gasteiger partial charge on any atom is -0.462 e. The van der Waals surface area contributed by atoms with Crippen molar-refractivity contribution in [2.75, 3.05) is 11.3 Å². The number of carbonyl (C=O) groups is 1. The highest BCUT2D eigenvalue weighted by Crippen LogP contribution is 2.37. The Kier molecular flexibility index (Phi) is 5.21. The lowest BCUT2D eigenvalue weighted by atomic mass is 10.1. The summed E-state index contributed by atoms with van der Waals surface area (Å²) in [6.45, 7) is 5.47. The number of thiophene rings is 1. The van der Waals surface area contributed by atoms with Crippen LogP contribution < -0.4 is 4.72 Å².